The first-order valence-electron chi connectivity index (χ1n) is 15.4. The molecule has 4 aromatic rings. The number of aromatic nitrogens is 4. The SMILES string of the molecule is CCC(c1ccc(C(F)(F)F)cc1CN(Cc1cc(C(F)(F)F)cc(C(F)(F)F)c1)c1nnn(C)n1)N1CCC(c2ccccc2F)CC1. The van der Waals surface area contributed by atoms with Crippen molar-refractivity contribution in [1.29, 1.82) is 0 Å². The fourth-order valence-corrected chi connectivity index (χ4v) is 6.38. The highest BCUT2D eigenvalue weighted by molar-refractivity contribution is 5.42. The zero-order valence-corrected chi connectivity index (χ0v) is 26.3. The second kappa shape index (κ2) is 14.0. The van der Waals surface area contributed by atoms with Crippen LogP contribution in [0.15, 0.2) is 60.7 Å². The summed E-state index contributed by atoms with van der Waals surface area (Å²) in [5.74, 6) is -0.566. The summed E-state index contributed by atoms with van der Waals surface area (Å²) >= 11 is 0. The van der Waals surface area contributed by atoms with E-state index >= 15 is 0 Å². The Morgan fingerprint density at radius 2 is 1.41 bits per heavy atom. The van der Waals surface area contributed by atoms with Crippen LogP contribution >= 0.6 is 0 Å². The first-order valence-corrected chi connectivity index (χ1v) is 15.4. The van der Waals surface area contributed by atoms with Crippen LogP contribution in [0.4, 0.5) is 49.9 Å². The molecule has 0 saturated carbocycles. The van der Waals surface area contributed by atoms with Crippen LogP contribution in [-0.4, -0.2) is 38.2 Å². The van der Waals surface area contributed by atoms with Crippen molar-refractivity contribution in [3.63, 3.8) is 0 Å². The number of anilines is 1. The normalized spacial score (nSPS) is 15.8. The van der Waals surface area contributed by atoms with E-state index in [0.717, 1.165) is 16.9 Å². The van der Waals surface area contributed by atoms with Crippen molar-refractivity contribution in [2.24, 2.45) is 7.05 Å². The van der Waals surface area contributed by atoms with Crippen molar-refractivity contribution in [3.05, 3.63) is 105 Å². The number of hydrogen-bond donors (Lipinski definition) is 0. The van der Waals surface area contributed by atoms with Gasteiger partial charge in [-0.2, -0.15) is 44.3 Å². The third-order valence-corrected chi connectivity index (χ3v) is 8.69. The zero-order valence-electron chi connectivity index (χ0n) is 26.3. The highest BCUT2D eigenvalue weighted by Gasteiger charge is 2.38. The molecule has 1 atom stereocenters. The minimum absolute atomic E-state index is 0.000517. The van der Waals surface area contributed by atoms with E-state index in [1.807, 2.05) is 6.92 Å². The maximum atomic E-state index is 14.5. The Kier molecular flexibility index (Phi) is 10.3. The standard InChI is InChI=1S/C33H32F10N6/c1-3-29(48-12-10-21(11-13-48)26-6-4-5-7-28(26)34)27-9-8-23(31(35,36)37)16-22(27)19-49(30-44-46-47(2)45-30)18-20-14-24(32(38,39)40)17-25(15-20)33(41,42)43/h4-9,14-17,21,29H,3,10-13,18-19H2,1-2H3. The van der Waals surface area contributed by atoms with Crippen LogP contribution in [0.3, 0.4) is 0 Å². The molecule has 1 aliphatic heterocycles. The van der Waals surface area contributed by atoms with Gasteiger partial charge in [0.2, 0.25) is 0 Å². The van der Waals surface area contributed by atoms with Crippen molar-refractivity contribution < 1.29 is 43.9 Å². The Balaban J connectivity index is 1.52. The van der Waals surface area contributed by atoms with Crippen LogP contribution in [0, 0.1) is 5.82 Å². The van der Waals surface area contributed by atoms with Crippen LogP contribution in [0.2, 0.25) is 0 Å². The smallest absolute Gasteiger partial charge is 0.330 e. The first kappa shape index (κ1) is 36.1. The Bertz CT molecular complexity index is 1710. The van der Waals surface area contributed by atoms with Gasteiger partial charge in [0.25, 0.3) is 5.95 Å². The summed E-state index contributed by atoms with van der Waals surface area (Å²) in [4.78, 5) is 4.30. The van der Waals surface area contributed by atoms with Gasteiger partial charge >= 0.3 is 18.5 Å². The van der Waals surface area contributed by atoms with E-state index in [9.17, 15) is 43.9 Å². The summed E-state index contributed by atoms with van der Waals surface area (Å²) in [6.45, 7) is 1.87. The molecule has 1 aromatic heterocycles. The maximum absolute atomic E-state index is 14.5. The second-order valence-corrected chi connectivity index (χ2v) is 12.0. The van der Waals surface area contributed by atoms with Crippen molar-refractivity contribution in [1.82, 2.24) is 25.1 Å². The summed E-state index contributed by atoms with van der Waals surface area (Å²) in [5.41, 5.74) is -3.24. The highest BCUT2D eigenvalue weighted by Crippen LogP contribution is 2.40. The van der Waals surface area contributed by atoms with Crippen molar-refractivity contribution in [2.45, 2.75) is 69.8 Å². The number of piperidine rings is 1. The van der Waals surface area contributed by atoms with Gasteiger partial charge in [0.1, 0.15) is 5.82 Å². The second-order valence-electron chi connectivity index (χ2n) is 12.0. The molecule has 5 rings (SSSR count). The van der Waals surface area contributed by atoms with E-state index in [1.165, 1.54) is 24.1 Å². The Hall–Kier alpha value is -4.21. The molecular formula is C33H32F10N6. The molecule has 0 radical (unpaired) electrons. The van der Waals surface area contributed by atoms with E-state index in [-0.39, 0.29) is 29.3 Å². The van der Waals surface area contributed by atoms with E-state index in [4.69, 9.17) is 0 Å². The molecule has 0 amide bonds. The number of likely N-dealkylation sites (tertiary alicyclic amines) is 1. The third-order valence-electron chi connectivity index (χ3n) is 8.69. The molecule has 0 aliphatic carbocycles. The lowest BCUT2D eigenvalue weighted by molar-refractivity contribution is -0.143. The topological polar surface area (TPSA) is 50.1 Å². The predicted octanol–water partition coefficient (Wildman–Crippen LogP) is 8.94. The van der Waals surface area contributed by atoms with E-state index < -0.39 is 59.9 Å². The van der Waals surface area contributed by atoms with Gasteiger partial charge < -0.3 is 4.90 Å². The van der Waals surface area contributed by atoms with Gasteiger partial charge in [0.15, 0.2) is 0 Å². The van der Waals surface area contributed by atoms with Crippen molar-refractivity contribution in [3.8, 4) is 0 Å². The Labute approximate surface area is 275 Å². The van der Waals surface area contributed by atoms with Crippen LogP contribution in [0.1, 0.15) is 77.1 Å². The number of halogens is 10. The Morgan fingerprint density at radius 3 is 1.94 bits per heavy atom. The molecule has 3 aromatic carbocycles. The number of rotatable bonds is 9. The lowest BCUT2D eigenvalue weighted by Crippen LogP contribution is -2.37. The molecule has 16 heteroatoms. The number of alkyl halides is 9. The molecule has 1 saturated heterocycles. The zero-order chi connectivity index (χ0) is 35.7. The summed E-state index contributed by atoms with van der Waals surface area (Å²) < 4.78 is 138. The van der Waals surface area contributed by atoms with Crippen LogP contribution in [-0.2, 0) is 38.7 Å². The van der Waals surface area contributed by atoms with Crippen molar-refractivity contribution in [2.75, 3.05) is 18.0 Å². The van der Waals surface area contributed by atoms with Crippen LogP contribution < -0.4 is 4.90 Å². The van der Waals surface area contributed by atoms with Crippen LogP contribution in [0.25, 0.3) is 0 Å². The molecule has 0 bridgehead atoms. The van der Waals surface area contributed by atoms with Gasteiger partial charge in [-0.25, -0.2) is 4.39 Å². The quantitative estimate of drug-likeness (QED) is 0.163. The molecule has 0 spiro atoms. The molecular weight excluding hydrogens is 670 g/mol. The minimum atomic E-state index is -5.10. The molecule has 1 aliphatic rings. The van der Waals surface area contributed by atoms with Gasteiger partial charge in [-0.1, -0.05) is 36.3 Å². The van der Waals surface area contributed by atoms with Gasteiger partial charge in [-0.3, -0.25) is 4.90 Å². The summed E-state index contributed by atoms with van der Waals surface area (Å²) in [6.07, 6.45) is -13.3. The van der Waals surface area contributed by atoms with Gasteiger partial charge in [0, 0.05) is 19.1 Å². The van der Waals surface area contributed by atoms with E-state index in [1.54, 1.807) is 18.2 Å². The predicted molar refractivity (Wildman–Crippen MR) is 160 cm³/mol. The minimum Gasteiger partial charge on any atom is -0.330 e. The molecule has 2 heterocycles. The number of nitrogens with zero attached hydrogens (tertiary/aromatic N) is 6. The number of tetrazole rings is 1. The number of hydrogen-bond acceptors (Lipinski definition) is 5. The van der Waals surface area contributed by atoms with Gasteiger partial charge in [-0.15, -0.1) is 5.10 Å². The monoisotopic (exact) mass is 702 g/mol. The van der Waals surface area contributed by atoms with Crippen molar-refractivity contribution >= 4 is 5.95 Å². The van der Waals surface area contributed by atoms with Crippen LogP contribution in [0.5, 0.6) is 0 Å². The average Bonchev–Trinajstić information content (AvgIpc) is 3.47. The molecule has 49 heavy (non-hydrogen) atoms. The third kappa shape index (κ3) is 8.51. The summed E-state index contributed by atoms with van der Waals surface area (Å²) in [7, 11) is 1.38. The lowest BCUT2D eigenvalue weighted by Gasteiger charge is -2.39. The highest BCUT2D eigenvalue weighted by atomic mass is 19.4. The fourth-order valence-electron chi connectivity index (χ4n) is 6.38. The van der Waals surface area contributed by atoms with E-state index in [0.29, 0.717) is 55.6 Å². The maximum Gasteiger partial charge on any atom is 0.416 e. The average molecular weight is 703 g/mol. The fraction of sp³-hybridized carbons (Fsp3) is 0.424. The largest absolute Gasteiger partial charge is 0.416 e. The molecule has 1 unspecified atom stereocenters. The molecule has 0 N–H and O–H groups in total. The molecule has 264 valence electrons. The summed E-state index contributed by atoms with van der Waals surface area (Å²) in [6, 6.07) is 10.4. The Morgan fingerprint density at radius 1 is 0.796 bits per heavy atom. The van der Waals surface area contributed by atoms with Gasteiger partial charge in [0.05, 0.1) is 23.7 Å². The molecule has 6 nitrogen and oxygen atoms in total. The molecule has 1 fully saturated rings. The first-order chi connectivity index (χ1) is 22.9. The number of aryl methyl sites for hydroxylation is 1. The van der Waals surface area contributed by atoms with E-state index in [2.05, 4.69) is 20.3 Å². The summed E-state index contributed by atoms with van der Waals surface area (Å²) in [5, 5.41) is 11.6. The van der Waals surface area contributed by atoms with Gasteiger partial charge in [-0.05, 0) is 102 Å². The lowest BCUT2D eigenvalue weighted by atomic mass is 9.87. The number of benzene rings is 3.